The molecule has 1 saturated heterocycles. The molecule has 0 aliphatic carbocycles. The highest BCUT2D eigenvalue weighted by Crippen LogP contribution is 2.25. The monoisotopic (exact) mass is 402 g/mol. The second-order valence-electron chi connectivity index (χ2n) is 6.95. The maximum atomic E-state index is 12.6. The van der Waals surface area contributed by atoms with Crippen LogP contribution in [0.25, 0.3) is 0 Å². The molecule has 1 aromatic carbocycles. The summed E-state index contributed by atoms with van der Waals surface area (Å²) in [6.07, 6.45) is 4.44. The minimum absolute atomic E-state index is 0.0536. The van der Waals surface area contributed by atoms with E-state index < -0.39 is 10.0 Å². The summed E-state index contributed by atoms with van der Waals surface area (Å²) in [5, 5.41) is 2.85. The van der Waals surface area contributed by atoms with Gasteiger partial charge in [0.1, 0.15) is 5.82 Å². The first-order valence-corrected chi connectivity index (χ1v) is 11.2. The number of carbonyl (C=O) groups is 1. The lowest BCUT2D eigenvalue weighted by Gasteiger charge is -2.16. The standard InChI is InChI=1S/C20H26N4O3S/c1-3-13-28(26,27)23-18-8-6-7-17(15(18)2)22-20(25)16-9-10-19(21-14-16)24-11-4-5-12-24/h6-10,14,23H,3-5,11-13H2,1-2H3,(H,22,25). The van der Waals surface area contributed by atoms with Crippen LogP contribution in [0.15, 0.2) is 36.5 Å². The highest BCUT2D eigenvalue weighted by molar-refractivity contribution is 7.92. The zero-order chi connectivity index (χ0) is 20.1. The third kappa shape index (κ3) is 4.81. The van der Waals surface area contributed by atoms with Gasteiger partial charge >= 0.3 is 0 Å². The van der Waals surface area contributed by atoms with E-state index in [0.29, 0.717) is 28.9 Å². The summed E-state index contributed by atoms with van der Waals surface area (Å²) in [5.41, 5.74) is 2.15. The molecule has 0 bridgehead atoms. The highest BCUT2D eigenvalue weighted by atomic mass is 32.2. The first-order valence-electron chi connectivity index (χ1n) is 9.52. The van der Waals surface area contributed by atoms with Crippen LogP contribution in [-0.2, 0) is 10.0 Å². The molecule has 7 nitrogen and oxygen atoms in total. The van der Waals surface area contributed by atoms with Crippen LogP contribution in [0.1, 0.15) is 42.1 Å². The van der Waals surface area contributed by atoms with Crippen LogP contribution >= 0.6 is 0 Å². The van der Waals surface area contributed by atoms with Gasteiger partial charge in [-0.3, -0.25) is 9.52 Å². The summed E-state index contributed by atoms with van der Waals surface area (Å²) in [6.45, 7) is 5.58. The number of sulfonamides is 1. The van der Waals surface area contributed by atoms with Gasteiger partial charge in [0.2, 0.25) is 10.0 Å². The Bertz CT molecular complexity index is 936. The van der Waals surface area contributed by atoms with E-state index in [9.17, 15) is 13.2 Å². The SMILES string of the molecule is CCCS(=O)(=O)Nc1cccc(NC(=O)c2ccc(N3CCCC3)nc2)c1C. The van der Waals surface area contributed by atoms with Crippen molar-refractivity contribution in [3.63, 3.8) is 0 Å². The topological polar surface area (TPSA) is 91.4 Å². The average Bonchev–Trinajstić information content (AvgIpc) is 3.19. The molecule has 28 heavy (non-hydrogen) atoms. The van der Waals surface area contributed by atoms with Crippen LogP contribution in [0.5, 0.6) is 0 Å². The quantitative estimate of drug-likeness (QED) is 0.741. The Morgan fingerprint density at radius 2 is 1.86 bits per heavy atom. The number of rotatable bonds is 7. The van der Waals surface area contributed by atoms with Crippen molar-refractivity contribution in [2.45, 2.75) is 33.1 Å². The number of aromatic nitrogens is 1. The van der Waals surface area contributed by atoms with E-state index in [1.54, 1.807) is 37.4 Å². The first-order chi connectivity index (χ1) is 13.4. The predicted molar refractivity (Wildman–Crippen MR) is 113 cm³/mol. The smallest absolute Gasteiger partial charge is 0.257 e. The lowest BCUT2D eigenvalue weighted by molar-refractivity contribution is 0.102. The zero-order valence-electron chi connectivity index (χ0n) is 16.2. The normalized spacial score (nSPS) is 14.1. The van der Waals surface area contributed by atoms with E-state index in [2.05, 4.69) is 19.9 Å². The molecule has 2 aromatic rings. The van der Waals surface area contributed by atoms with E-state index in [4.69, 9.17) is 0 Å². The average molecular weight is 403 g/mol. The molecule has 1 aliphatic rings. The molecule has 0 spiro atoms. The van der Waals surface area contributed by atoms with Gasteiger partial charge < -0.3 is 10.2 Å². The number of nitrogens with zero attached hydrogens (tertiary/aromatic N) is 2. The van der Waals surface area contributed by atoms with Crippen molar-refractivity contribution in [3.8, 4) is 0 Å². The van der Waals surface area contributed by atoms with Crippen LogP contribution in [0.2, 0.25) is 0 Å². The van der Waals surface area contributed by atoms with Gasteiger partial charge in [0.15, 0.2) is 0 Å². The molecule has 150 valence electrons. The second kappa shape index (κ2) is 8.60. The molecule has 2 heterocycles. The van der Waals surface area contributed by atoms with E-state index in [1.165, 1.54) is 12.8 Å². The Labute approximate surface area is 166 Å². The van der Waals surface area contributed by atoms with Gasteiger partial charge in [-0.25, -0.2) is 13.4 Å². The van der Waals surface area contributed by atoms with Gasteiger partial charge in [-0.15, -0.1) is 0 Å². The van der Waals surface area contributed by atoms with Crippen molar-refractivity contribution in [3.05, 3.63) is 47.7 Å². The number of carbonyl (C=O) groups excluding carboxylic acids is 1. The van der Waals surface area contributed by atoms with E-state index in [-0.39, 0.29) is 11.7 Å². The van der Waals surface area contributed by atoms with Crippen molar-refractivity contribution in [1.82, 2.24) is 4.98 Å². The zero-order valence-corrected chi connectivity index (χ0v) is 17.1. The van der Waals surface area contributed by atoms with Crippen LogP contribution < -0.4 is 14.9 Å². The van der Waals surface area contributed by atoms with Gasteiger partial charge in [-0.1, -0.05) is 13.0 Å². The van der Waals surface area contributed by atoms with E-state index in [0.717, 1.165) is 18.9 Å². The number of hydrogen-bond acceptors (Lipinski definition) is 5. The molecule has 3 rings (SSSR count). The van der Waals surface area contributed by atoms with Gasteiger partial charge in [0, 0.05) is 25.0 Å². The lowest BCUT2D eigenvalue weighted by atomic mass is 10.1. The molecule has 1 aliphatic heterocycles. The third-order valence-electron chi connectivity index (χ3n) is 4.76. The first kappa shape index (κ1) is 20.1. The molecule has 0 saturated carbocycles. The Hall–Kier alpha value is -2.61. The molecule has 1 amide bonds. The lowest BCUT2D eigenvalue weighted by Crippen LogP contribution is -2.20. The summed E-state index contributed by atoms with van der Waals surface area (Å²) in [6, 6.07) is 8.77. The van der Waals surface area contributed by atoms with Crippen LogP contribution in [0.3, 0.4) is 0 Å². The van der Waals surface area contributed by atoms with Crippen molar-refractivity contribution < 1.29 is 13.2 Å². The van der Waals surface area contributed by atoms with Gasteiger partial charge in [-0.2, -0.15) is 0 Å². The van der Waals surface area contributed by atoms with Crippen molar-refractivity contribution in [2.75, 3.05) is 33.8 Å². The van der Waals surface area contributed by atoms with Gasteiger partial charge in [-0.05, 0) is 56.0 Å². The summed E-state index contributed by atoms with van der Waals surface area (Å²) < 4.78 is 26.7. The molecular formula is C20H26N4O3S. The Morgan fingerprint density at radius 1 is 1.14 bits per heavy atom. The van der Waals surface area contributed by atoms with E-state index in [1.807, 2.05) is 13.0 Å². The molecule has 8 heteroatoms. The number of nitrogens with one attached hydrogen (secondary N) is 2. The van der Waals surface area contributed by atoms with Gasteiger partial charge in [0.25, 0.3) is 5.91 Å². The largest absolute Gasteiger partial charge is 0.357 e. The minimum atomic E-state index is -3.39. The third-order valence-corrected chi connectivity index (χ3v) is 6.24. The summed E-state index contributed by atoms with van der Waals surface area (Å²) >= 11 is 0. The Balaban J connectivity index is 1.72. The number of hydrogen-bond donors (Lipinski definition) is 2. The molecule has 1 aromatic heterocycles. The van der Waals surface area contributed by atoms with E-state index >= 15 is 0 Å². The fourth-order valence-electron chi connectivity index (χ4n) is 3.22. The second-order valence-corrected chi connectivity index (χ2v) is 8.79. The van der Waals surface area contributed by atoms with Crippen LogP contribution in [-0.4, -0.2) is 38.2 Å². The fourth-order valence-corrected chi connectivity index (χ4v) is 4.41. The fraction of sp³-hybridized carbons (Fsp3) is 0.400. The van der Waals surface area contributed by atoms with Crippen molar-refractivity contribution in [2.24, 2.45) is 0 Å². The highest BCUT2D eigenvalue weighted by Gasteiger charge is 2.16. The minimum Gasteiger partial charge on any atom is -0.357 e. The Kier molecular flexibility index (Phi) is 6.18. The summed E-state index contributed by atoms with van der Waals surface area (Å²) in [5.74, 6) is 0.660. The summed E-state index contributed by atoms with van der Waals surface area (Å²) in [4.78, 5) is 19.2. The number of amides is 1. The number of pyridine rings is 1. The summed E-state index contributed by atoms with van der Waals surface area (Å²) in [7, 11) is -3.39. The molecule has 1 fully saturated rings. The number of anilines is 3. The molecule has 0 unspecified atom stereocenters. The maximum absolute atomic E-state index is 12.6. The predicted octanol–water partition coefficient (Wildman–Crippen LogP) is 3.39. The molecule has 0 radical (unpaired) electrons. The molecule has 0 atom stereocenters. The van der Waals surface area contributed by atoms with Gasteiger partial charge in [0.05, 0.1) is 17.0 Å². The van der Waals surface area contributed by atoms with Crippen LogP contribution in [0, 0.1) is 6.92 Å². The Morgan fingerprint density at radius 3 is 2.50 bits per heavy atom. The number of benzene rings is 1. The van der Waals surface area contributed by atoms with Crippen LogP contribution in [0.4, 0.5) is 17.2 Å². The molecular weight excluding hydrogens is 376 g/mol. The van der Waals surface area contributed by atoms with Crippen molar-refractivity contribution >= 4 is 33.1 Å². The van der Waals surface area contributed by atoms with Crippen molar-refractivity contribution in [1.29, 1.82) is 0 Å². The maximum Gasteiger partial charge on any atom is 0.257 e. The molecule has 2 N–H and O–H groups in total.